The minimum Gasteiger partial charge on any atom is -0.403 e. The number of alkyl halides is 3. The molecule has 0 spiro atoms. The summed E-state index contributed by atoms with van der Waals surface area (Å²) in [6, 6.07) is 0. The smallest absolute Gasteiger partial charge is 0.403 e. The van der Waals surface area contributed by atoms with E-state index in [0.29, 0.717) is 5.82 Å². The van der Waals surface area contributed by atoms with Crippen LogP contribution in [0.4, 0.5) is 13.2 Å². The summed E-state index contributed by atoms with van der Waals surface area (Å²) in [7, 11) is -0.221. The zero-order valence-electron chi connectivity index (χ0n) is 15.5. The van der Waals surface area contributed by atoms with E-state index in [1.807, 2.05) is 34.6 Å². The van der Waals surface area contributed by atoms with Crippen molar-refractivity contribution in [3.63, 3.8) is 0 Å². The van der Waals surface area contributed by atoms with E-state index < -0.39 is 12.8 Å². The molecule has 2 fully saturated rings. The second kappa shape index (κ2) is 6.80. The third kappa shape index (κ3) is 4.47. The Balaban J connectivity index is 1.88. The largest absolute Gasteiger partial charge is 0.461 e. The van der Waals surface area contributed by atoms with Gasteiger partial charge in [0, 0.05) is 0 Å². The molecule has 0 radical (unpaired) electrons. The molecule has 1 heterocycles. The zero-order valence-corrected chi connectivity index (χ0v) is 15.5. The first-order valence-corrected chi connectivity index (χ1v) is 8.90. The van der Waals surface area contributed by atoms with Gasteiger partial charge in [0.25, 0.3) is 0 Å². The zero-order chi connectivity index (χ0) is 18.2. The minimum absolute atomic E-state index is 0.147. The second-order valence-electron chi connectivity index (χ2n) is 8.42. The molecule has 2 aliphatic rings. The SMILES string of the molecule is CCC1(COCC(F)(F)F)CCC(B2OC(C)(C)C(C)(C)O2)CC1. The van der Waals surface area contributed by atoms with Crippen molar-refractivity contribution in [3.8, 4) is 0 Å². The molecular weight excluding hydrogens is 320 g/mol. The average molecular weight is 350 g/mol. The summed E-state index contributed by atoms with van der Waals surface area (Å²) in [5.74, 6) is 0.299. The Labute approximate surface area is 143 Å². The van der Waals surface area contributed by atoms with Crippen molar-refractivity contribution in [3.05, 3.63) is 0 Å². The van der Waals surface area contributed by atoms with Crippen LogP contribution in [0, 0.1) is 5.41 Å². The molecule has 140 valence electrons. The van der Waals surface area contributed by atoms with Crippen LogP contribution in [0.5, 0.6) is 0 Å². The molecule has 1 saturated carbocycles. The van der Waals surface area contributed by atoms with E-state index in [0.717, 1.165) is 32.1 Å². The third-order valence-corrected chi connectivity index (χ3v) is 6.17. The predicted octanol–water partition coefficient (Wildman–Crippen LogP) is 5.00. The van der Waals surface area contributed by atoms with Gasteiger partial charge in [0.15, 0.2) is 0 Å². The highest BCUT2D eigenvalue weighted by Gasteiger charge is 2.54. The van der Waals surface area contributed by atoms with Gasteiger partial charge in [-0.1, -0.05) is 19.8 Å². The minimum atomic E-state index is -4.26. The van der Waals surface area contributed by atoms with Crippen LogP contribution in [-0.4, -0.2) is 37.7 Å². The average Bonchev–Trinajstić information content (AvgIpc) is 2.66. The van der Waals surface area contributed by atoms with E-state index >= 15 is 0 Å². The molecule has 0 N–H and O–H groups in total. The molecular formula is C17H30BF3O3. The van der Waals surface area contributed by atoms with Crippen LogP contribution < -0.4 is 0 Å². The monoisotopic (exact) mass is 350 g/mol. The molecule has 1 aliphatic heterocycles. The van der Waals surface area contributed by atoms with Crippen LogP contribution in [0.1, 0.15) is 66.7 Å². The number of hydrogen-bond donors (Lipinski definition) is 0. The number of hydrogen-bond acceptors (Lipinski definition) is 3. The molecule has 2 rings (SSSR count). The third-order valence-electron chi connectivity index (χ3n) is 6.17. The van der Waals surface area contributed by atoms with Gasteiger partial charge in [-0.3, -0.25) is 0 Å². The molecule has 0 aromatic carbocycles. The molecule has 0 amide bonds. The van der Waals surface area contributed by atoms with E-state index in [9.17, 15) is 13.2 Å². The summed E-state index contributed by atoms with van der Waals surface area (Å²) < 4.78 is 54.1. The summed E-state index contributed by atoms with van der Waals surface area (Å²) in [5.41, 5.74) is -0.828. The second-order valence-corrected chi connectivity index (χ2v) is 8.42. The summed E-state index contributed by atoms with van der Waals surface area (Å²) >= 11 is 0. The fourth-order valence-electron chi connectivity index (χ4n) is 3.59. The number of halogens is 3. The van der Waals surface area contributed by atoms with E-state index in [1.54, 1.807) is 0 Å². The van der Waals surface area contributed by atoms with Crippen molar-refractivity contribution in [2.45, 2.75) is 89.9 Å². The lowest BCUT2D eigenvalue weighted by atomic mass is 9.58. The standard InChI is InChI=1S/C17H30BF3O3/c1-6-16(11-22-12-17(19,20)21)9-7-13(8-10-16)18-23-14(2,3)15(4,5)24-18/h13H,6-12H2,1-5H3. The summed E-state index contributed by atoms with van der Waals surface area (Å²) in [6.07, 6.45) is 0.0993. The van der Waals surface area contributed by atoms with Crippen LogP contribution in [0.25, 0.3) is 0 Å². The Morgan fingerprint density at radius 3 is 1.96 bits per heavy atom. The Morgan fingerprint density at radius 1 is 1.04 bits per heavy atom. The highest BCUT2D eigenvalue weighted by molar-refractivity contribution is 6.47. The Morgan fingerprint density at radius 2 is 1.54 bits per heavy atom. The summed E-state index contributed by atoms with van der Waals surface area (Å²) in [5, 5.41) is 0. The Hall–Kier alpha value is -0.265. The highest BCUT2D eigenvalue weighted by Crippen LogP contribution is 2.49. The molecule has 0 aromatic heterocycles. The fourth-order valence-corrected chi connectivity index (χ4v) is 3.59. The highest BCUT2D eigenvalue weighted by atomic mass is 19.4. The van der Waals surface area contributed by atoms with Crippen LogP contribution in [0.3, 0.4) is 0 Å². The van der Waals surface area contributed by atoms with E-state index in [-0.39, 0.29) is 30.3 Å². The van der Waals surface area contributed by atoms with Gasteiger partial charge in [-0.25, -0.2) is 0 Å². The van der Waals surface area contributed by atoms with Crippen LogP contribution in [0.15, 0.2) is 0 Å². The molecule has 0 atom stereocenters. The summed E-state index contributed by atoms with van der Waals surface area (Å²) in [4.78, 5) is 0. The Kier molecular flexibility index (Phi) is 5.68. The molecule has 0 bridgehead atoms. The lowest BCUT2D eigenvalue weighted by Gasteiger charge is -2.40. The van der Waals surface area contributed by atoms with Crippen LogP contribution in [0.2, 0.25) is 5.82 Å². The van der Waals surface area contributed by atoms with Crippen molar-refractivity contribution in [1.29, 1.82) is 0 Å². The van der Waals surface area contributed by atoms with E-state index in [4.69, 9.17) is 14.0 Å². The van der Waals surface area contributed by atoms with Gasteiger partial charge in [-0.15, -0.1) is 0 Å². The van der Waals surface area contributed by atoms with Gasteiger partial charge in [-0.2, -0.15) is 13.2 Å². The first-order chi connectivity index (χ1) is 10.9. The van der Waals surface area contributed by atoms with E-state index in [2.05, 4.69) is 0 Å². The van der Waals surface area contributed by atoms with Crippen molar-refractivity contribution < 1.29 is 27.2 Å². The van der Waals surface area contributed by atoms with Crippen LogP contribution in [-0.2, 0) is 14.0 Å². The predicted molar refractivity (Wildman–Crippen MR) is 87.9 cm³/mol. The molecule has 0 unspecified atom stereocenters. The van der Waals surface area contributed by atoms with Gasteiger partial charge in [-0.05, 0) is 58.2 Å². The first-order valence-electron chi connectivity index (χ1n) is 8.90. The topological polar surface area (TPSA) is 27.7 Å². The quantitative estimate of drug-likeness (QED) is 0.653. The molecule has 1 aliphatic carbocycles. The Bertz CT molecular complexity index is 413. The molecule has 3 nitrogen and oxygen atoms in total. The van der Waals surface area contributed by atoms with Gasteiger partial charge in [0.1, 0.15) is 6.61 Å². The maximum Gasteiger partial charge on any atom is 0.461 e. The number of ether oxygens (including phenoxy) is 1. The normalized spacial score (nSPS) is 33.0. The van der Waals surface area contributed by atoms with Crippen LogP contribution >= 0.6 is 0 Å². The maximum absolute atomic E-state index is 12.3. The van der Waals surface area contributed by atoms with Gasteiger partial charge in [0.05, 0.1) is 17.8 Å². The fraction of sp³-hybridized carbons (Fsp3) is 1.00. The maximum atomic E-state index is 12.3. The number of rotatable bonds is 5. The lowest BCUT2D eigenvalue weighted by molar-refractivity contribution is -0.182. The first kappa shape index (κ1) is 20.1. The molecule has 7 heteroatoms. The van der Waals surface area contributed by atoms with Crippen molar-refractivity contribution in [2.24, 2.45) is 5.41 Å². The summed E-state index contributed by atoms with van der Waals surface area (Å²) in [6.45, 7) is 9.21. The van der Waals surface area contributed by atoms with Gasteiger partial charge < -0.3 is 14.0 Å². The lowest BCUT2D eigenvalue weighted by Crippen LogP contribution is -2.41. The molecule has 1 saturated heterocycles. The van der Waals surface area contributed by atoms with Gasteiger partial charge in [0.2, 0.25) is 0 Å². The van der Waals surface area contributed by atoms with Crippen molar-refractivity contribution >= 4 is 7.12 Å². The van der Waals surface area contributed by atoms with Crippen molar-refractivity contribution in [2.75, 3.05) is 13.2 Å². The molecule has 0 aromatic rings. The van der Waals surface area contributed by atoms with Crippen molar-refractivity contribution in [1.82, 2.24) is 0 Å². The van der Waals surface area contributed by atoms with Gasteiger partial charge >= 0.3 is 13.3 Å². The molecule has 24 heavy (non-hydrogen) atoms. The van der Waals surface area contributed by atoms with E-state index in [1.165, 1.54) is 0 Å².